The van der Waals surface area contributed by atoms with Crippen molar-refractivity contribution in [3.8, 4) is 0 Å². The Kier molecular flexibility index (Phi) is 4.69. The van der Waals surface area contributed by atoms with Crippen molar-refractivity contribution in [1.82, 2.24) is 4.90 Å². The Labute approximate surface area is 89.6 Å². The standard InChI is InChI=1S/C8H17NO5S/c1-8(2,7(10)11)9(3)5-4-6-15(12,13)14/h4-6H2,1-3H3,(H,10,11)(H,12,13,14). The van der Waals surface area contributed by atoms with Crippen LogP contribution in [-0.2, 0) is 14.9 Å². The van der Waals surface area contributed by atoms with Crippen LogP contribution >= 0.6 is 0 Å². The molecule has 0 bridgehead atoms. The second kappa shape index (κ2) is 4.91. The number of aliphatic carboxylic acids is 1. The molecule has 0 aliphatic heterocycles. The molecule has 90 valence electrons. The molecule has 0 aliphatic carbocycles. The quantitative estimate of drug-likeness (QED) is 0.636. The highest BCUT2D eigenvalue weighted by atomic mass is 32.2. The van der Waals surface area contributed by atoms with Gasteiger partial charge in [0.15, 0.2) is 0 Å². The van der Waals surface area contributed by atoms with Crippen molar-refractivity contribution in [2.45, 2.75) is 25.8 Å². The summed E-state index contributed by atoms with van der Waals surface area (Å²) < 4.78 is 29.3. The van der Waals surface area contributed by atoms with Crippen LogP contribution < -0.4 is 0 Å². The lowest BCUT2D eigenvalue weighted by Crippen LogP contribution is -2.48. The minimum absolute atomic E-state index is 0.200. The van der Waals surface area contributed by atoms with E-state index < -0.39 is 21.6 Å². The molecule has 7 heteroatoms. The van der Waals surface area contributed by atoms with Crippen LogP contribution in [0.2, 0.25) is 0 Å². The summed E-state index contributed by atoms with van der Waals surface area (Å²) in [6, 6.07) is 0. The van der Waals surface area contributed by atoms with Crippen molar-refractivity contribution in [3.63, 3.8) is 0 Å². The maximum absolute atomic E-state index is 10.8. The number of hydrogen-bond donors (Lipinski definition) is 2. The molecule has 0 rings (SSSR count). The Morgan fingerprint density at radius 1 is 1.40 bits per heavy atom. The first-order valence-corrected chi connectivity index (χ1v) is 6.08. The van der Waals surface area contributed by atoms with Crippen molar-refractivity contribution in [2.75, 3.05) is 19.3 Å². The summed E-state index contributed by atoms with van der Waals surface area (Å²) in [6.07, 6.45) is 0.200. The van der Waals surface area contributed by atoms with Crippen molar-refractivity contribution in [3.05, 3.63) is 0 Å². The molecule has 0 radical (unpaired) electrons. The number of carboxylic acids is 1. The van der Waals surface area contributed by atoms with Crippen LogP contribution in [0.5, 0.6) is 0 Å². The molecule has 0 aliphatic rings. The highest BCUT2D eigenvalue weighted by molar-refractivity contribution is 7.85. The van der Waals surface area contributed by atoms with Gasteiger partial charge in [-0.1, -0.05) is 0 Å². The van der Waals surface area contributed by atoms with Gasteiger partial charge in [-0.3, -0.25) is 14.2 Å². The molecule has 0 aromatic rings. The molecule has 0 aromatic heterocycles. The Hall–Kier alpha value is -0.660. The van der Waals surface area contributed by atoms with Crippen LogP contribution in [0.25, 0.3) is 0 Å². The fraction of sp³-hybridized carbons (Fsp3) is 0.875. The normalized spacial score (nSPS) is 13.1. The molecule has 0 saturated heterocycles. The van der Waals surface area contributed by atoms with E-state index in [0.29, 0.717) is 6.54 Å². The van der Waals surface area contributed by atoms with Gasteiger partial charge in [0.1, 0.15) is 5.54 Å². The summed E-state index contributed by atoms with van der Waals surface area (Å²) in [4.78, 5) is 12.3. The molecular weight excluding hydrogens is 222 g/mol. The van der Waals surface area contributed by atoms with Crippen LogP contribution in [0.1, 0.15) is 20.3 Å². The summed E-state index contributed by atoms with van der Waals surface area (Å²) in [6.45, 7) is 3.35. The third-order valence-corrected chi connectivity index (χ3v) is 3.18. The van der Waals surface area contributed by atoms with Crippen molar-refractivity contribution < 1.29 is 22.9 Å². The van der Waals surface area contributed by atoms with E-state index in [1.165, 1.54) is 18.7 Å². The molecule has 15 heavy (non-hydrogen) atoms. The van der Waals surface area contributed by atoms with Gasteiger partial charge in [0.25, 0.3) is 10.1 Å². The fourth-order valence-electron chi connectivity index (χ4n) is 0.927. The van der Waals surface area contributed by atoms with E-state index in [9.17, 15) is 13.2 Å². The van der Waals surface area contributed by atoms with Gasteiger partial charge in [-0.05, 0) is 33.9 Å². The Morgan fingerprint density at radius 2 is 1.87 bits per heavy atom. The molecule has 0 heterocycles. The average Bonchev–Trinajstić information content (AvgIpc) is 2.01. The number of hydrogen-bond acceptors (Lipinski definition) is 4. The second-order valence-electron chi connectivity index (χ2n) is 3.93. The largest absolute Gasteiger partial charge is 0.480 e. The van der Waals surface area contributed by atoms with E-state index in [4.69, 9.17) is 9.66 Å². The van der Waals surface area contributed by atoms with E-state index in [1.54, 1.807) is 7.05 Å². The predicted molar refractivity (Wildman–Crippen MR) is 55.4 cm³/mol. The number of nitrogens with zero attached hydrogens (tertiary/aromatic N) is 1. The minimum atomic E-state index is -3.96. The summed E-state index contributed by atoms with van der Waals surface area (Å²) >= 11 is 0. The third kappa shape index (κ3) is 5.10. The number of carboxylic acid groups (broad SMARTS) is 1. The van der Waals surface area contributed by atoms with Gasteiger partial charge in [0.05, 0.1) is 5.75 Å². The van der Waals surface area contributed by atoms with Gasteiger partial charge >= 0.3 is 5.97 Å². The molecule has 0 aromatic carbocycles. The summed E-state index contributed by atoms with van der Waals surface area (Å²) in [5, 5.41) is 8.86. The van der Waals surface area contributed by atoms with E-state index in [-0.39, 0.29) is 12.2 Å². The average molecular weight is 239 g/mol. The van der Waals surface area contributed by atoms with E-state index in [2.05, 4.69) is 0 Å². The highest BCUT2D eigenvalue weighted by Crippen LogP contribution is 2.12. The van der Waals surface area contributed by atoms with Crippen molar-refractivity contribution in [2.24, 2.45) is 0 Å². The van der Waals surface area contributed by atoms with Gasteiger partial charge in [-0.15, -0.1) is 0 Å². The third-order valence-electron chi connectivity index (χ3n) is 2.37. The van der Waals surface area contributed by atoms with Crippen LogP contribution in [0.15, 0.2) is 0 Å². The molecule has 0 spiro atoms. The molecule has 0 unspecified atom stereocenters. The summed E-state index contributed by atoms with van der Waals surface area (Å²) in [5.41, 5.74) is -1.04. The molecule has 0 atom stereocenters. The van der Waals surface area contributed by atoms with Gasteiger partial charge in [0.2, 0.25) is 0 Å². The molecule has 6 nitrogen and oxygen atoms in total. The van der Waals surface area contributed by atoms with Crippen LogP contribution in [0, 0.1) is 0 Å². The topological polar surface area (TPSA) is 94.9 Å². The summed E-state index contributed by atoms with van der Waals surface area (Å²) in [5.74, 6) is -1.33. The fourth-order valence-corrected chi connectivity index (χ4v) is 1.42. The van der Waals surface area contributed by atoms with Gasteiger partial charge in [-0.25, -0.2) is 0 Å². The zero-order valence-corrected chi connectivity index (χ0v) is 9.91. The Morgan fingerprint density at radius 3 is 2.20 bits per heavy atom. The Bertz CT molecular complexity index is 322. The second-order valence-corrected chi connectivity index (χ2v) is 5.50. The zero-order valence-electron chi connectivity index (χ0n) is 9.10. The lowest BCUT2D eigenvalue weighted by Gasteiger charge is -2.31. The summed E-state index contributed by atoms with van der Waals surface area (Å²) in [7, 11) is -2.36. The van der Waals surface area contributed by atoms with E-state index in [1.807, 2.05) is 0 Å². The van der Waals surface area contributed by atoms with Gasteiger partial charge in [0, 0.05) is 0 Å². The molecular formula is C8H17NO5S. The van der Waals surface area contributed by atoms with Crippen LogP contribution in [0.3, 0.4) is 0 Å². The van der Waals surface area contributed by atoms with Crippen LogP contribution in [0.4, 0.5) is 0 Å². The molecule has 2 N–H and O–H groups in total. The molecule has 0 saturated carbocycles. The zero-order chi connectivity index (χ0) is 12.3. The molecule has 0 fully saturated rings. The maximum atomic E-state index is 10.8. The van der Waals surface area contributed by atoms with Crippen molar-refractivity contribution in [1.29, 1.82) is 0 Å². The smallest absolute Gasteiger partial charge is 0.323 e. The lowest BCUT2D eigenvalue weighted by molar-refractivity contribution is -0.148. The van der Waals surface area contributed by atoms with Crippen LogP contribution in [-0.4, -0.2) is 53.8 Å². The first-order valence-electron chi connectivity index (χ1n) is 4.47. The highest BCUT2D eigenvalue weighted by Gasteiger charge is 2.31. The maximum Gasteiger partial charge on any atom is 0.323 e. The van der Waals surface area contributed by atoms with E-state index in [0.717, 1.165) is 0 Å². The Balaban J connectivity index is 4.16. The number of carbonyl (C=O) groups is 1. The van der Waals surface area contributed by atoms with Gasteiger partial charge in [-0.2, -0.15) is 8.42 Å². The predicted octanol–water partition coefficient (Wildman–Crippen LogP) is 0.0593. The SMILES string of the molecule is CN(CCCS(=O)(=O)O)C(C)(C)C(=O)O. The van der Waals surface area contributed by atoms with E-state index >= 15 is 0 Å². The lowest BCUT2D eigenvalue weighted by atomic mass is 10.0. The first kappa shape index (κ1) is 14.3. The molecule has 0 amide bonds. The van der Waals surface area contributed by atoms with Crippen molar-refractivity contribution >= 4 is 16.1 Å². The number of rotatable bonds is 6. The first-order chi connectivity index (χ1) is 6.57. The van der Waals surface area contributed by atoms with Gasteiger partial charge < -0.3 is 5.11 Å². The monoisotopic (exact) mass is 239 g/mol. The minimum Gasteiger partial charge on any atom is -0.480 e. The number of likely N-dealkylation sites (N-methyl/N-ethyl adjacent to an activating group) is 1.